The van der Waals surface area contributed by atoms with E-state index in [1.807, 2.05) is 0 Å². The standard InChI is InChI=1S/C13H17FN2O3S/c1-8-6-9(14)2-3-11(8)12-7-10(20(18)19)4-5-16(12)13(15)17/h2-3,6,10,12H,4-5,7H2,1H3,(H2,15,17)(H,18,19). The Kier molecular flexibility index (Phi) is 4.39. The first-order chi connectivity index (χ1) is 9.40. The van der Waals surface area contributed by atoms with Gasteiger partial charge in [0.15, 0.2) is 11.1 Å². The number of benzene rings is 1. The third-order valence-electron chi connectivity index (χ3n) is 3.71. The minimum absolute atomic E-state index is 0.327. The van der Waals surface area contributed by atoms with Crippen LogP contribution in [-0.4, -0.2) is 31.5 Å². The highest BCUT2D eigenvalue weighted by molar-refractivity contribution is 7.79. The molecule has 0 aromatic heterocycles. The second-order valence-electron chi connectivity index (χ2n) is 4.97. The molecule has 5 nitrogen and oxygen atoms in total. The van der Waals surface area contributed by atoms with Gasteiger partial charge in [0.2, 0.25) is 0 Å². The Balaban J connectivity index is 2.36. The van der Waals surface area contributed by atoms with Gasteiger partial charge in [0, 0.05) is 6.54 Å². The molecule has 0 radical (unpaired) electrons. The molecule has 1 aliphatic heterocycles. The number of rotatable bonds is 2. The third-order valence-corrected chi connectivity index (χ3v) is 4.71. The molecule has 20 heavy (non-hydrogen) atoms. The number of hydrogen-bond acceptors (Lipinski definition) is 2. The first-order valence-electron chi connectivity index (χ1n) is 6.32. The summed E-state index contributed by atoms with van der Waals surface area (Å²) in [6.45, 7) is 2.07. The summed E-state index contributed by atoms with van der Waals surface area (Å²) in [5, 5.41) is -0.403. The van der Waals surface area contributed by atoms with Crippen LogP contribution in [0.3, 0.4) is 0 Å². The number of aryl methyl sites for hydroxylation is 1. The molecule has 3 N–H and O–H groups in total. The maximum atomic E-state index is 13.2. The van der Waals surface area contributed by atoms with E-state index in [1.54, 1.807) is 13.0 Å². The summed E-state index contributed by atoms with van der Waals surface area (Å²) in [6, 6.07) is 3.35. The summed E-state index contributed by atoms with van der Waals surface area (Å²) in [4.78, 5) is 13.0. The van der Waals surface area contributed by atoms with E-state index >= 15 is 0 Å². The number of urea groups is 1. The minimum atomic E-state index is -1.94. The van der Waals surface area contributed by atoms with Crippen molar-refractivity contribution >= 4 is 17.1 Å². The predicted octanol–water partition coefficient (Wildman–Crippen LogP) is 1.94. The van der Waals surface area contributed by atoms with Crippen molar-refractivity contribution in [2.24, 2.45) is 5.73 Å². The lowest BCUT2D eigenvalue weighted by molar-refractivity contribution is 0.160. The van der Waals surface area contributed by atoms with E-state index in [2.05, 4.69) is 0 Å². The average Bonchev–Trinajstić information content (AvgIpc) is 2.37. The first-order valence-corrected chi connectivity index (χ1v) is 7.49. The van der Waals surface area contributed by atoms with E-state index in [4.69, 9.17) is 5.73 Å². The summed E-state index contributed by atoms with van der Waals surface area (Å²) >= 11 is -1.94. The van der Waals surface area contributed by atoms with Crippen LogP contribution in [-0.2, 0) is 11.1 Å². The van der Waals surface area contributed by atoms with Gasteiger partial charge in [0.05, 0.1) is 11.3 Å². The van der Waals surface area contributed by atoms with Crippen LogP contribution in [0.25, 0.3) is 0 Å². The smallest absolute Gasteiger partial charge is 0.315 e. The highest BCUT2D eigenvalue weighted by Crippen LogP contribution is 2.34. The number of hydrogen-bond donors (Lipinski definition) is 2. The van der Waals surface area contributed by atoms with Crippen molar-refractivity contribution in [2.75, 3.05) is 6.54 Å². The van der Waals surface area contributed by atoms with Gasteiger partial charge >= 0.3 is 6.03 Å². The lowest BCUT2D eigenvalue weighted by Gasteiger charge is -2.38. The zero-order valence-electron chi connectivity index (χ0n) is 11.1. The third kappa shape index (κ3) is 2.99. The van der Waals surface area contributed by atoms with Crippen LogP contribution < -0.4 is 5.73 Å². The number of halogens is 1. The number of primary amides is 1. The lowest BCUT2D eigenvalue weighted by Crippen LogP contribution is -2.46. The van der Waals surface area contributed by atoms with E-state index in [9.17, 15) is 17.9 Å². The van der Waals surface area contributed by atoms with E-state index in [-0.39, 0.29) is 11.9 Å². The molecule has 1 aliphatic rings. The summed E-state index contributed by atoms with van der Waals surface area (Å²) in [5.41, 5.74) is 6.83. The molecule has 7 heteroatoms. The number of likely N-dealkylation sites (tertiary alicyclic amines) is 1. The molecule has 3 unspecified atom stereocenters. The van der Waals surface area contributed by atoms with Crippen molar-refractivity contribution in [3.8, 4) is 0 Å². The largest absolute Gasteiger partial charge is 0.351 e. The Bertz CT molecular complexity index is 552. The lowest BCUT2D eigenvalue weighted by atomic mass is 9.92. The second-order valence-corrected chi connectivity index (χ2v) is 6.19. The summed E-state index contributed by atoms with van der Waals surface area (Å²) in [5.74, 6) is -0.352. The van der Waals surface area contributed by atoms with Crippen LogP contribution in [0, 0.1) is 12.7 Å². The quantitative estimate of drug-likeness (QED) is 0.819. The highest BCUT2D eigenvalue weighted by Gasteiger charge is 2.34. The van der Waals surface area contributed by atoms with Gasteiger partial charge in [-0.15, -0.1) is 0 Å². The van der Waals surface area contributed by atoms with E-state index in [0.717, 1.165) is 5.56 Å². The van der Waals surface area contributed by atoms with E-state index in [0.29, 0.717) is 24.9 Å². The van der Waals surface area contributed by atoms with Crippen LogP contribution in [0.2, 0.25) is 0 Å². The number of piperidine rings is 1. The van der Waals surface area contributed by atoms with Crippen LogP contribution in [0.4, 0.5) is 9.18 Å². The molecule has 1 fully saturated rings. The fraction of sp³-hybridized carbons (Fsp3) is 0.462. The van der Waals surface area contributed by atoms with Crippen molar-refractivity contribution in [3.63, 3.8) is 0 Å². The van der Waals surface area contributed by atoms with Gasteiger partial charge in [0.25, 0.3) is 0 Å². The maximum absolute atomic E-state index is 13.2. The van der Waals surface area contributed by atoms with Crippen LogP contribution in [0.5, 0.6) is 0 Å². The Morgan fingerprint density at radius 2 is 2.25 bits per heavy atom. The maximum Gasteiger partial charge on any atom is 0.315 e. The topological polar surface area (TPSA) is 83.6 Å². The number of carbonyl (C=O) groups excluding carboxylic acids is 1. The zero-order valence-corrected chi connectivity index (χ0v) is 11.9. The van der Waals surface area contributed by atoms with Crippen LogP contribution in [0.1, 0.15) is 30.0 Å². The predicted molar refractivity (Wildman–Crippen MR) is 74.0 cm³/mol. The van der Waals surface area contributed by atoms with Gasteiger partial charge < -0.3 is 15.2 Å². The number of nitrogens with zero attached hydrogens (tertiary/aromatic N) is 1. The normalized spacial score (nSPS) is 24.4. The van der Waals surface area contributed by atoms with Gasteiger partial charge in [-0.1, -0.05) is 6.07 Å². The molecule has 1 aromatic rings. The van der Waals surface area contributed by atoms with Crippen molar-refractivity contribution in [2.45, 2.75) is 31.1 Å². The fourth-order valence-corrected chi connectivity index (χ4v) is 3.34. The monoisotopic (exact) mass is 300 g/mol. The molecule has 3 atom stereocenters. The molecule has 1 aromatic carbocycles. The first kappa shape index (κ1) is 14.9. The second kappa shape index (κ2) is 5.88. The molecular formula is C13H17FN2O3S. The van der Waals surface area contributed by atoms with E-state index < -0.39 is 22.4 Å². The Morgan fingerprint density at radius 1 is 1.55 bits per heavy atom. The average molecular weight is 300 g/mol. The van der Waals surface area contributed by atoms with Gasteiger partial charge in [-0.05, 0) is 43.0 Å². The fourth-order valence-electron chi connectivity index (χ4n) is 2.69. The van der Waals surface area contributed by atoms with Gasteiger partial charge in [-0.3, -0.25) is 0 Å². The number of carbonyl (C=O) groups is 1. The Hall–Kier alpha value is -1.47. The molecule has 1 saturated heterocycles. The number of nitrogens with two attached hydrogens (primary N) is 1. The van der Waals surface area contributed by atoms with Crippen molar-refractivity contribution < 1.29 is 17.9 Å². The minimum Gasteiger partial charge on any atom is -0.351 e. The Morgan fingerprint density at radius 3 is 2.80 bits per heavy atom. The summed E-state index contributed by atoms with van der Waals surface area (Å²) in [6.07, 6.45) is 0.779. The summed E-state index contributed by atoms with van der Waals surface area (Å²) < 4.78 is 33.7. The van der Waals surface area contributed by atoms with Gasteiger partial charge in [0.1, 0.15) is 5.82 Å². The molecule has 1 heterocycles. The SMILES string of the molecule is Cc1cc(F)ccc1C1CC(S(=O)O)CCN1C(N)=O. The van der Waals surface area contributed by atoms with Crippen LogP contribution >= 0.6 is 0 Å². The molecule has 0 spiro atoms. The van der Waals surface area contributed by atoms with Gasteiger partial charge in [-0.2, -0.15) is 0 Å². The van der Waals surface area contributed by atoms with E-state index in [1.165, 1.54) is 17.0 Å². The van der Waals surface area contributed by atoms with Crippen LogP contribution in [0.15, 0.2) is 18.2 Å². The van der Waals surface area contributed by atoms with Crippen molar-refractivity contribution in [1.29, 1.82) is 0 Å². The summed E-state index contributed by atoms with van der Waals surface area (Å²) in [7, 11) is 0. The molecule has 0 saturated carbocycles. The molecular weight excluding hydrogens is 283 g/mol. The number of amides is 2. The Labute approximate surface area is 119 Å². The molecule has 110 valence electrons. The highest BCUT2D eigenvalue weighted by atomic mass is 32.2. The van der Waals surface area contributed by atoms with Gasteiger partial charge in [-0.25, -0.2) is 13.4 Å². The molecule has 0 bridgehead atoms. The van der Waals surface area contributed by atoms with Crippen molar-refractivity contribution in [3.05, 3.63) is 35.1 Å². The molecule has 2 amide bonds. The zero-order chi connectivity index (χ0) is 14.9. The van der Waals surface area contributed by atoms with Crippen molar-refractivity contribution in [1.82, 2.24) is 4.90 Å². The molecule has 2 rings (SSSR count). The molecule has 0 aliphatic carbocycles.